The maximum Gasteiger partial charge on any atom is 0.418 e. The Morgan fingerprint density at radius 3 is 2.14 bits per heavy atom. The first-order valence-electron chi connectivity index (χ1n) is 12.0. The summed E-state index contributed by atoms with van der Waals surface area (Å²) in [5.41, 5.74) is 0.842. The maximum absolute atomic E-state index is 13.8. The van der Waals surface area contributed by atoms with Crippen molar-refractivity contribution >= 4 is 17.9 Å². The summed E-state index contributed by atoms with van der Waals surface area (Å²) in [5, 5.41) is 3.01. The standard InChI is InChI=1S/C29H28N2O4/c1-20(22-13-7-3-8-14-22)31-27(33)29(35-28(31)34,19-21-11-5-2-6-12-21)26(32)30-25-17-24(18-25)23-15-9-4-10-16-23/h2-16,20,24-25H,17-19H2,1H3,(H,30,32)/t20-,24?,25?,29-/m1/s1. The molecule has 1 saturated carbocycles. The number of imide groups is 1. The van der Waals surface area contributed by atoms with Gasteiger partial charge in [-0.3, -0.25) is 9.59 Å². The monoisotopic (exact) mass is 468 g/mol. The van der Waals surface area contributed by atoms with Crippen LogP contribution in [0.1, 0.15) is 48.4 Å². The van der Waals surface area contributed by atoms with Crippen LogP contribution in [0.5, 0.6) is 0 Å². The number of nitrogens with zero attached hydrogens (tertiary/aromatic N) is 1. The number of carbonyl (C=O) groups is 3. The van der Waals surface area contributed by atoms with E-state index in [9.17, 15) is 14.4 Å². The first-order valence-corrected chi connectivity index (χ1v) is 12.0. The highest BCUT2D eigenvalue weighted by molar-refractivity contribution is 6.17. The van der Waals surface area contributed by atoms with Gasteiger partial charge in [-0.15, -0.1) is 0 Å². The average Bonchev–Trinajstić information content (AvgIpc) is 3.12. The Hall–Kier alpha value is -3.93. The number of ether oxygens (including phenoxy) is 1. The third-order valence-electron chi connectivity index (χ3n) is 7.10. The zero-order valence-corrected chi connectivity index (χ0v) is 19.6. The fraction of sp³-hybridized carbons (Fsp3) is 0.276. The molecule has 0 bridgehead atoms. The van der Waals surface area contributed by atoms with Crippen LogP contribution < -0.4 is 5.32 Å². The second kappa shape index (κ2) is 9.37. The number of hydrogen-bond acceptors (Lipinski definition) is 4. The minimum atomic E-state index is -1.93. The maximum atomic E-state index is 13.8. The van der Waals surface area contributed by atoms with Crippen LogP contribution in [0, 0.1) is 0 Å². The molecule has 6 heteroatoms. The summed E-state index contributed by atoms with van der Waals surface area (Å²) in [6.45, 7) is 1.77. The normalized spacial score (nSPS) is 24.4. The lowest BCUT2D eigenvalue weighted by Gasteiger charge is -2.38. The Bertz CT molecular complexity index is 1210. The Morgan fingerprint density at radius 2 is 1.51 bits per heavy atom. The summed E-state index contributed by atoms with van der Waals surface area (Å²) in [7, 11) is 0. The highest BCUT2D eigenvalue weighted by atomic mass is 16.6. The fourth-order valence-electron chi connectivity index (χ4n) is 4.99. The van der Waals surface area contributed by atoms with Crippen molar-refractivity contribution in [3.05, 3.63) is 108 Å². The second-order valence-corrected chi connectivity index (χ2v) is 9.37. The molecule has 1 aliphatic heterocycles. The van der Waals surface area contributed by atoms with E-state index in [1.807, 2.05) is 78.9 Å². The van der Waals surface area contributed by atoms with Crippen LogP contribution in [-0.4, -0.2) is 34.5 Å². The number of nitrogens with one attached hydrogen (secondary N) is 1. The molecular weight excluding hydrogens is 440 g/mol. The Kier molecular flexibility index (Phi) is 6.12. The molecule has 3 aromatic rings. The van der Waals surface area contributed by atoms with Crippen molar-refractivity contribution < 1.29 is 19.1 Å². The van der Waals surface area contributed by atoms with Gasteiger partial charge in [0.15, 0.2) is 0 Å². The largest absolute Gasteiger partial charge is 0.422 e. The van der Waals surface area contributed by atoms with Crippen LogP contribution in [0.25, 0.3) is 0 Å². The predicted molar refractivity (Wildman–Crippen MR) is 131 cm³/mol. The van der Waals surface area contributed by atoms with Crippen LogP contribution >= 0.6 is 0 Å². The number of carbonyl (C=O) groups excluding carboxylic acids is 3. The SMILES string of the molecule is C[C@H](c1ccccc1)N1C(=O)O[C@](Cc2ccccc2)(C(=O)NC2CC(c3ccccc3)C2)C1=O. The van der Waals surface area contributed by atoms with Gasteiger partial charge >= 0.3 is 6.09 Å². The fourth-order valence-corrected chi connectivity index (χ4v) is 4.99. The predicted octanol–water partition coefficient (Wildman–Crippen LogP) is 4.77. The number of benzene rings is 3. The van der Waals surface area contributed by atoms with Crippen molar-refractivity contribution in [1.29, 1.82) is 0 Å². The van der Waals surface area contributed by atoms with Crippen molar-refractivity contribution in [2.45, 2.75) is 49.8 Å². The van der Waals surface area contributed by atoms with Crippen molar-refractivity contribution in [2.24, 2.45) is 0 Å². The first kappa shape index (κ1) is 22.8. The molecule has 35 heavy (non-hydrogen) atoms. The van der Waals surface area contributed by atoms with E-state index in [0.29, 0.717) is 5.92 Å². The summed E-state index contributed by atoms with van der Waals surface area (Å²) in [5.74, 6) is -0.818. The molecule has 2 atom stereocenters. The van der Waals surface area contributed by atoms with Crippen LogP contribution in [0.4, 0.5) is 4.79 Å². The summed E-state index contributed by atoms with van der Waals surface area (Å²) >= 11 is 0. The van der Waals surface area contributed by atoms with Gasteiger partial charge < -0.3 is 10.1 Å². The van der Waals surface area contributed by atoms with E-state index < -0.39 is 29.6 Å². The molecule has 0 radical (unpaired) electrons. The Labute approximate surface area is 204 Å². The molecule has 0 spiro atoms. The lowest BCUT2D eigenvalue weighted by molar-refractivity contribution is -0.150. The quantitative estimate of drug-likeness (QED) is 0.507. The second-order valence-electron chi connectivity index (χ2n) is 9.37. The molecule has 3 aromatic carbocycles. The molecule has 178 valence electrons. The highest BCUT2D eigenvalue weighted by Crippen LogP contribution is 2.39. The van der Waals surface area contributed by atoms with Gasteiger partial charge in [-0.1, -0.05) is 91.0 Å². The number of rotatable bonds is 7. The van der Waals surface area contributed by atoms with E-state index in [2.05, 4.69) is 17.4 Å². The van der Waals surface area contributed by atoms with Gasteiger partial charge in [0.1, 0.15) is 0 Å². The number of amides is 3. The molecule has 1 heterocycles. The Balaban J connectivity index is 1.38. The molecular formula is C29H28N2O4. The molecule has 0 unspecified atom stereocenters. The van der Waals surface area contributed by atoms with Crippen LogP contribution in [0.2, 0.25) is 0 Å². The minimum Gasteiger partial charge on any atom is -0.422 e. The zero-order valence-electron chi connectivity index (χ0n) is 19.6. The number of hydrogen-bond donors (Lipinski definition) is 1. The van der Waals surface area contributed by atoms with Gasteiger partial charge in [0.05, 0.1) is 6.04 Å². The third kappa shape index (κ3) is 4.32. The first-order chi connectivity index (χ1) is 17.0. The van der Waals surface area contributed by atoms with Crippen LogP contribution in [-0.2, 0) is 20.7 Å². The molecule has 2 aliphatic rings. The molecule has 5 rings (SSSR count). The van der Waals surface area contributed by atoms with E-state index in [1.165, 1.54) is 5.56 Å². The van der Waals surface area contributed by atoms with Gasteiger partial charge in [-0.2, -0.15) is 0 Å². The summed E-state index contributed by atoms with van der Waals surface area (Å²) in [6.07, 6.45) is 0.748. The lowest BCUT2D eigenvalue weighted by atomic mass is 9.75. The average molecular weight is 469 g/mol. The van der Waals surface area contributed by atoms with Gasteiger partial charge in [0, 0.05) is 12.5 Å². The Morgan fingerprint density at radius 1 is 0.943 bits per heavy atom. The van der Waals surface area contributed by atoms with Crippen molar-refractivity contribution in [3.63, 3.8) is 0 Å². The molecule has 2 fully saturated rings. The van der Waals surface area contributed by atoms with E-state index in [4.69, 9.17) is 4.74 Å². The third-order valence-corrected chi connectivity index (χ3v) is 7.10. The van der Waals surface area contributed by atoms with E-state index in [1.54, 1.807) is 6.92 Å². The summed E-state index contributed by atoms with van der Waals surface area (Å²) < 4.78 is 5.69. The van der Waals surface area contributed by atoms with Gasteiger partial charge in [-0.25, -0.2) is 9.69 Å². The van der Waals surface area contributed by atoms with Crippen molar-refractivity contribution in [1.82, 2.24) is 10.2 Å². The van der Waals surface area contributed by atoms with Crippen molar-refractivity contribution in [3.8, 4) is 0 Å². The van der Waals surface area contributed by atoms with Gasteiger partial charge in [0.25, 0.3) is 17.4 Å². The minimum absolute atomic E-state index is 0.0168. The topological polar surface area (TPSA) is 75.7 Å². The summed E-state index contributed by atoms with van der Waals surface area (Å²) in [4.78, 5) is 41.5. The van der Waals surface area contributed by atoms with Crippen LogP contribution in [0.3, 0.4) is 0 Å². The van der Waals surface area contributed by atoms with E-state index in [0.717, 1.165) is 28.9 Å². The highest BCUT2D eigenvalue weighted by Gasteiger charge is 2.61. The van der Waals surface area contributed by atoms with Crippen molar-refractivity contribution in [2.75, 3.05) is 0 Å². The molecule has 1 saturated heterocycles. The van der Waals surface area contributed by atoms with Gasteiger partial charge in [0.2, 0.25) is 0 Å². The molecule has 6 nitrogen and oxygen atoms in total. The van der Waals surface area contributed by atoms with Gasteiger partial charge in [-0.05, 0) is 42.4 Å². The van der Waals surface area contributed by atoms with Crippen LogP contribution in [0.15, 0.2) is 91.0 Å². The van der Waals surface area contributed by atoms with E-state index in [-0.39, 0.29) is 12.5 Å². The zero-order chi connectivity index (χ0) is 24.4. The molecule has 1 N–H and O–H groups in total. The number of cyclic esters (lactones) is 1. The smallest absolute Gasteiger partial charge is 0.418 e. The molecule has 0 aromatic heterocycles. The molecule has 3 amide bonds. The lowest BCUT2D eigenvalue weighted by Crippen LogP contribution is -2.58. The summed E-state index contributed by atoms with van der Waals surface area (Å²) in [6, 6.07) is 28.0. The van der Waals surface area contributed by atoms with E-state index >= 15 is 0 Å². The molecule has 1 aliphatic carbocycles.